The van der Waals surface area contributed by atoms with Crippen molar-refractivity contribution in [1.29, 1.82) is 0 Å². The van der Waals surface area contributed by atoms with Crippen LogP contribution in [0.1, 0.15) is 28.1 Å². The standard InChI is InChI=1S/C41H37ClN6O7S2/c1-53-31-19-17-26(18-20-31)24-54-39(52)34-27(23-42)25-56-38-33(37(51)48(34)38)43-36(50)32(46-55-22-21-49)35-44-40(57-47-35)45-41(28-11-5-2-6-12-28,29-13-7-3-8-14-29)30-15-9-4-10-16-30/h2-20,33,38,49H,21-25H2,1H3,(H,43,50)(H,44,45,47)/b46-32-/t33-,38-/m1/s1. The lowest BCUT2D eigenvalue weighted by atomic mass is 9.77. The van der Waals surface area contributed by atoms with Gasteiger partial charge in [-0.15, -0.1) is 23.4 Å². The number of β-lactam (4-membered cyclic amide) rings is 1. The number of thioether (sulfide) groups is 1. The SMILES string of the molecule is COc1ccc(COC(=O)C2=C(CCl)CS[C@@H]3[C@H](NC(=O)/C(=N\OCCO)c4nsc(NC(c5ccccc5)(c5ccccc5)c5ccccc5)n4)C(=O)N23)cc1. The highest BCUT2D eigenvalue weighted by Crippen LogP contribution is 2.42. The molecule has 0 bridgehead atoms. The summed E-state index contributed by atoms with van der Waals surface area (Å²) < 4.78 is 15.3. The van der Waals surface area contributed by atoms with Gasteiger partial charge in [-0.2, -0.15) is 9.36 Å². The molecule has 1 aromatic heterocycles. The number of hydrogen-bond acceptors (Lipinski definition) is 13. The number of rotatable bonds is 16. The van der Waals surface area contributed by atoms with E-state index in [0.29, 0.717) is 22.2 Å². The molecule has 2 aliphatic rings. The third kappa shape index (κ3) is 8.23. The van der Waals surface area contributed by atoms with Crippen LogP contribution in [-0.2, 0) is 36.1 Å². The number of nitrogens with zero attached hydrogens (tertiary/aromatic N) is 4. The molecule has 0 saturated carbocycles. The van der Waals surface area contributed by atoms with Crippen LogP contribution in [0.5, 0.6) is 5.75 Å². The van der Waals surface area contributed by atoms with Crippen molar-refractivity contribution in [2.45, 2.75) is 23.6 Å². The summed E-state index contributed by atoms with van der Waals surface area (Å²) in [4.78, 5) is 52.3. The van der Waals surface area contributed by atoms with E-state index in [9.17, 15) is 19.5 Å². The van der Waals surface area contributed by atoms with E-state index in [1.165, 1.54) is 16.7 Å². The first kappa shape index (κ1) is 39.5. The second-order valence-electron chi connectivity index (χ2n) is 12.8. The van der Waals surface area contributed by atoms with Crippen LogP contribution in [-0.4, -0.2) is 86.2 Å². The molecule has 5 aromatic rings. The molecular formula is C41H37ClN6O7S2. The first-order valence-corrected chi connectivity index (χ1v) is 20.2. The zero-order valence-corrected chi connectivity index (χ0v) is 32.9. The van der Waals surface area contributed by atoms with Crippen LogP contribution in [0.2, 0.25) is 0 Å². The first-order valence-electron chi connectivity index (χ1n) is 17.8. The largest absolute Gasteiger partial charge is 0.497 e. The topological polar surface area (TPSA) is 165 Å². The van der Waals surface area contributed by atoms with Gasteiger partial charge >= 0.3 is 5.97 Å². The summed E-state index contributed by atoms with van der Waals surface area (Å²) in [5, 5.41) is 19.5. The summed E-state index contributed by atoms with van der Waals surface area (Å²) in [5.41, 5.74) is 2.92. The van der Waals surface area contributed by atoms with Crippen LogP contribution in [0.25, 0.3) is 0 Å². The first-order chi connectivity index (χ1) is 27.9. The summed E-state index contributed by atoms with van der Waals surface area (Å²) in [6.07, 6.45) is 0. The number of hydrogen-bond donors (Lipinski definition) is 3. The number of aliphatic hydroxyl groups is 1. The van der Waals surface area contributed by atoms with Crippen LogP contribution in [0.4, 0.5) is 5.13 Å². The summed E-state index contributed by atoms with van der Waals surface area (Å²) in [6.45, 7) is -0.589. The number of carbonyl (C=O) groups is 3. The Hall–Kier alpha value is -5.74. The number of ether oxygens (including phenoxy) is 2. The average Bonchev–Trinajstić information content (AvgIpc) is 3.73. The molecule has 57 heavy (non-hydrogen) atoms. The Morgan fingerprint density at radius 1 is 0.947 bits per heavy atom. The number of carbonyl (C=O) groups excluding carboxylic acids is 3. The Bertz CT molecular complexity index is 2160. The van der Waals surface area contributed by atoms with Gasteiger partial charge in [0.1, 0.15) is 41.6 Å². The Morgan fingerprint density at radius 3 is 2.12 bits per heavy atom. The molecule has 2 atom stereocenters. The monoisotopic (exact) mass is 824 g/mol. The lowest BCUT2D eigenvalue weighted by Gasteiger charge is -2.49. The molecule has 292 valence electrons. The van der Waals surface area contributed by atoms with Crippen LogP contribution in [0.15, 0.2) is 132 Å². The van der Waals surface area contributed by atoms with Crippen molar-refractivity contribution in [2.24, 2.45) is 5.16 Å². The highest BCUT2D eigenvalue weighted by Gasteiger charge is 2.54. The second-order valence-corrected chi connectivity index (χ2v) is 14.9. The minimum absolute atomic E-state index is 0.0124. The van der Waals surface area contributed by atoms with E-state index >= 15 is 0 Å². The van der Waals surface area contributed by atoms with Gasteiger partial charge < -0.3 is 30.1 Å². The lowest BCUT2D eigenvalue weighted by Crippen LogP contribution is -2.71. The maximum absolute atomic E-state index is 14.0. The van der Waals surface area contributed by atoms with E-state index in [1.54, 1.807) is 31.4 Å². The van der Waals surface area contributed by atoms with E-state index in [0.717, 1.165) is 33.8 Å². The molecule has 3 heterocycles. The number of aromatic nitrogens is 2. The van der Waals surface area contributed by atoms with Gasteiger partial charge in [0, 0.05) is 23.2 Å². The lowest BCUT2D eigenvalue weighted by molar-refractivity contribution is -0.153. The maximum atomic E-state index is 14.0. The number of anilines is 1. The van der Waals surface area contributed by atoms with Crippen molar-refractivity contribution < 1.29 is 33.8 Å². The fourth-order valence-corrected chi connectivity index (χ4v) is 8.88. The van der Waals surface area contributed by atoms with Crippen molar-refractivity contribution >= 4 is 63.5 Å². The number of fused-ring (bicyclic) bond motifs is 1. The van der Waals surface area contributed by atoms with Crippen molar-refractivity contribution in [3.63, 3.8) is 0 Å². The number of halogens is 1. The van der Waals surface area contributed by atoms with Crippen LogP contribution in [0.3, 0.4) is 0 Å². The van der Waals surface area contributed by atoms with E-state index < -0.39 is 34.7 Å². The molecule has 4 aromatic carbocycles. The number of amides is 2. The van der Waals surface area contributed by atoms with Gasteiger partial charge in [-0.25, -0.2) is 4.79 Å². The summed E-state index contributed by atoms with van der Waals surface area (Å²) in [7, 11) is 1.56. The zero-order chi connectivity index (χ0) is 39.8. The molecule has 1 saturated heterocycles. The molecule has 1 fully saturated rings. The van der Waals surface area contributed by atoms with Crippen LogP contribution >= 0.6 is 34.9 Å². The molecule has 0 aliphatic carbocycles. The van der Waals surface area contributed by atoms with Crippen molar-refractivity contribution in [1.82, 2.24) is 19.6 Å². The molecule has 2 amide bonds. The molecule has 0 spiro atoms. The van der Waals surface area contributed by atoms with Crippen molar-refractivity contribution in [2.75, 3.05) is 37.3 Å². The highest BCUT2D eigenvalue weighted by molar-refractivity contribution is 8.00. The van der Waals surface area contributed by atoms with Gasteiger partial charge in [0.25, 0.3) is 11.8 Å². The van der Waals surface area contributed by atoms with E-state index in [4.69, 9.17) is 30.9 Å². The Kier molecular flexibility index (Phi) is 12.5. The van der Waals surface area contributed by atoms with Crippen LogP contribution in [0, 0.1) is 0 Å². The van der Waals surface area contributed by atoms with Gasteiger partial charge in [0.05, 0.1) is 13.7 Å². The van der Waals surface area contributed by atoms with Gasteiger partial charge in [-0.3, -0.25) is 14.5 Å². The van der Waals surface area contributed by atoms with E-state index in [-0.39, 0.29) is 42.9 Å². The maximum Gasteiger partial charge on any atom is 0.355 e. The third-order valence-corrected chi connectivity index (χ3v) is 11.6. The van der Waals surface area contributed by atoms with E-state index in [1.807, 2.05) is 91.0 Å². The number of aliphatic hydroxyl groups excluding tert-OH is 1. The number of alkyl halides is 1. The van der Waals surface area contributed by atoms with Crippen LogP contribution < -0.4 is 15.4 Å². The van der Waals surface area contributed by atoms with Crippen molar-refractivity contribution in [3.05, 3.63) is 155 Å². The summed E-state index contributed by atoms with van der Waals surface area (Å²) in [5.74, 6) is -1.06. The summed E-state index contributed by atoms with van der Waals surface area (Å²) >= 11 is 8.60. The average molecular weight is 825 g/mol. The smallest absolute Gasteiger partial charge is 0.355 e. The molecule has 3 N–H and O–H groups in total. The normalized spacial score (nSPS) is 16.6. The minimum atomic E-state index is -1.02. The van der Waals surface area contributed by atoms with Gasteiger partial charge in [-0.05, 0) is 40.0 Å². The molecule has 7 rings (SSSR count). The molecule has 0 radical (unpaired) electrons. The molecule has 2 aliphatic heterocycles. The van der Waals surface area contributed by atoms with Gasteiger partial charge in [0.15, 0.2) is 0 Å². The number of methoxy groups -OCH3 is 1. The van der Waals surface area contributed by atoms with Crippen molar-refractivity contribution in [3.8, 4) is 5.75 Å². The second kappa shape index (κ2) is 18.0. The van der Waals surface area contributed by atoms with E-state index in [2.05, 4.69) is 20.2 Å². The zero-order valence-electron chi connectivity index (χ0n) is 30.5. The fraction of sp³-hybridized carbons (Fsp3) is 0.220. The fourth-order valence-electron chi connectivity index (χ4n) is 6.57. The molecule has 16 heteroatoms. The molecule has 13 nitrogen and oxygen atoms in total. The summed E-state index contributed by atoms with van der Waals surface area (Å²) in [6, 6.07) is 35.8. The quantitative estimate of drug-likeness (QED) is 0.0225. The molecule has 0 unspecified atom stereocenters. The number of oxime groups is 1. The Balaban J connectivity index is 1.12. The predicted molar refractivity (Wildman–Crippen MR) is 218 cm³/mol. The highest BCUT2D eigenvalue weighted by atomic mass is 35.5. The number of benzene rings is 4. The number of esters is 1. The Labute approximate surface area is 341 Å². The number of nitrogens with one attached hydrogen (secondary N) is 2. The Morgan fingerprint density at radius 2 is 1.56 bits per heavy atom. The predicted octanol–water partition coefficient (Wildman–Crippen LogP) is 5.30. The minimum Gasteiger partial charge on any atom is -0.497 e. The third-order valence-electron chi connectivity index (χ3n) is 9.32. The van der Waals surface area contributed by atoms with Gasteiger partial charge in [-0.1, -0.05) is 108 Å². The van der Waals surface area contributed by atoms with Gasteiger partial charge in [0.2, 0.25) is 16.7 Å². The molecular weight excluding hydrogens is 788 g/mol.